The minimum absolute atomic E-state index is 0.0554. The molecule has 0 radical (unpaired) electrons. The predicted octanol–water partition coefficient (Wildman–Crippen LogP) is 5.48. The molecule has 1 saturated heterocycles. The lowest BCUT2D eigenvalue weighted by Gasteiger charge is -2.41. The lowest BCUT2D eigenvalue weighted by atomic mass is 9.86. The Morgan fingerprint density at radius 2 is 1.71 bits per heavy atom. The van der Waals surface area contributed by atoms with Crippen LogP contribution < -0.4 is 4.74 Å². The molecule has 2 heterocycles. The number of hydrogen-bond donors (Lipinski definition) is 0. The van der Waals surface area contributed by atoms with Crippen LogP contribution in [0, 0.1) is 11.3 Å². The Labute approximate surface area is 204 Å². The van der Waals surface area contributed by atoms with Crippen molar-refractivity contribution in [1.82, 2.24) is 9.80 Å². The minimum atomic E-state index is -0.253. The van der Waals surface area contributed by atoms with Gasteiger partial charge in [-0.1, -0.05) is 84.6 Å². The number of amides is 1. The van der Waals surface area contributed by atoms with Crippen LogP contribution in [-0.4, -0.2) is 28.3 Å². The summed E-state index contributed by atoms with van der Waals surface area (Å²) in [7, 11) is 0. The number of rotatable bonds is 6. The molecule has 0 aliphatic carbocycles. The van der Waals surface area contributed by atoms with Crippen LogP contribution in [0.1, 0.15) is 29.0 Å². The Bertz CT molecular complexity index is 1240. The molecule has 0 unspecified atom stereocenters. The molecule has 0 saturated carbocycles. The normalized spacial score (nSPS) is 18.4. The van der Waals surface area contributed by atoms with Gasteiger partial charge >= 0.3 is 0 Å². The summed E-state index contributed by atoms with van der Waals surface area (Å²) < 4.78 is 5.99. The van der Waals surface area contributed by atoms with Gasteiger partial charge in [0, 0.05) is 18.9 Å². The second-order valence-corrected chi connectivity index (χ2v) is 9.42. The fourth-order valence-corrected chi connectivity index (χ4v) is 5.53. The zero-order chi connectivity index (χ0) is 23.3. The maximum absolute atomic E-state index is 13.2. The van der Waals surface area contributed by atoms with E-state index in [0.717, 1.165) is 34.3 Å². The number of fused-ring (bicyclic) bond motifs is 1. The van der Waals surface area contributed by atoms with Crippen LogP contribution in [0.15, 0.2) is 95.5 Å². The molecule has 6 heteroatoms. The quantitative estimate of drug-likeness (QED) is 0.480. The fraction of sp³-hybridized carbons (Fsp3) is 0.214. The first-order valence-electron chi connectivity index (χ1n) is 11.3. The highest BCUT2D eigenvalue weighted by Crippen LogP contribution is 2.43. The van der Waals surface area contributed by atoms with Gasteiger partial charge in [-0.3, -0.25) is 14.6 Å². The van der Waals surface area contributed by atoms with Gasteiger partial charge < -0.3 is 4.74 Å². The van der Waals surface area contributed by atoms with Gasteiger partial charge in [-0.2, -0.15) is 5.26 Å². The molecule has 3 aromatic rings. The molecule has 5 rings (SSSR count). The van der Waals surface area contributed by atoms with Crippen molar-refractivity contribution < 1.29 is 9.53 Å². The summed E-state index contributed by atoms with van der Waals surface area (Å²) in [5.41, 5.74) is 3.92. The molecule has 2 aliphatic heterocycles. The first kappa shape index (κ1) is 22.3. The molecule has 3 aromatic carbocycles. The van der Waals surface area contributed by atoms with Gasteiger partial charge in [-0.05, 0) is 28.8 Å². The third kappa shape index (κ3) is 4.86. The third-order valence-corrected chi connectivity index (χ3v) is 7.32. The average molecular weight is 468 g/mol. The van der Waals surface area contributed by atoms with Crippen LogP contribution in [0.4, 0.5) is 0 Å². The van der Waals surface area contributed by atoms with Crippen molar-refractivity contribution in [3.05, 3.63) is 112 Å². The van der Waals surface area contributed by atoms with E-state index in [2.05, 4.69) is 23.1 Å². The van der Waals surface area contributed by atoms with Gasteiger partial charge in [-0.15, -0.1) is 0 Å². The summed E-state index contributed by atoms with van der Waals surface area (Å²) in [5, 5.41) is 10.9. The fourth-order valence-electron chi connectivity index (χ4n) is 4.40. The van der Waals surface area contributed by atoms with Crippen molar-refractivity contribution in [1.29, 1.82) is 5.26 Å². The highest BCUT2D eigenvalue weighted by Gasteiger charge is 2.38. The second-order valence-electron chi connectivity index (χ2n) is 8.49. The highest BCUT2D eigenvalue weighted by atomic mass is 32.2. The molecule has 0 N–H and O–H groups in total. The molecule has 5 nitrogen and oxygen atoms in total. The van der Waals surface area contributed by atoms with Gasteiger partial charge in [-0.25, -0.2) is 0 Å². The number of hydrogen-bond acceptors (Lipinski definition) is 5. The molecule has 34 heavy (non-hydrogen) atoms. The number of carbonyl (C=O) groups excluding carboxylic acids is 1. The van der Waals surface area contributed by atoms with Gasteiger partial charge in [0.15, 0.2) is 0 Å². The standard InChI is InChI=1S/C28H25N3O2S/c29-16-26-25(23-12-7-13-24(14-23)33-18-22-10-5-2-6-11-22)15-27(32)31-19-30(20-34-28(26)31)17-21-8-3-1-4-9-21/h1-14,25H,15,17-20H2/t25-/m0/s1. The van der Waals surface area contributed by atoms with Gasteiger partial charge in [0.05, 0.1) is 29.2 Å². The molecule has 0 bridgehead atoms. The number of carbonyl (C=O) groups is 1. The van der Waals surface area contributed by atoms with E-state index in [4.69, 9.17) is 4.74 Å². The number of ether oxygens (including phenoxy) is 1. The van der Waals surface area contributed by atoms with Crippen molar-refractivity contribution in [2.45, 2.75) is 25.5 Å². The van der Waals surface area contributed by atoms with Crippen LogP contribution in [0.25, 0.3) is 0 Å². The summed E-state index contributed by atoms with van der Waals surface area (Å²) in [6.07, 6.45) is 0.286. The molecule has 0 spiro atoms. The van der Waals surface area contributed by atoms with E-state index < -0.39 is 0 Å². The van der Waals surface area contributed by atoms with Crippen molar-refractivity contribution in [3.63, 3.8) is 0 Å². The van der Waals surface area contributed by atoms with E-state index in [1.54, 1.807) is 16.7 Å². The number of benzene rings is 3. The van der Waals surface area contributed by atoms with E-state index in [1.165, 1.54) is 5.56 Å². The van der Waals surface area contributed by atoms with Crippen LogP contribution >= 0.6 is 11.8 Å². The number of nitriles is 1. The molecular formula is C28H25N3O2S. The van der Waals surface area contributed by atoms with E-state index in [1.807, 2.05) is 72.8 Å². The van der Waals surface area contributed by atoms with E-state index in [-0.39, 0.29) is 18.2 Å². The second kappa shape index (κ2) is 10.2. The number of thioether (sulfide) groups is 1. The highest BCUT2D eigenvalue weighted by molar-refractivity contribution is 8.03. The topological polar surface area (TPSA) is 56.6 Å². The van der Waals surface area contributed by atoms with Crippen LogP contribution in [0.5, 0.6) is 5.75 Å². The molecule has 1 fully saturated rings. The van der Waals surface area contributed by atoms with Crippen LogP contribution in [0.2, 0.25) is 0 Å². The summed E-state index contributed by atoms with van der Waals surface area (Å²) in [4.78, 5) is 17.2. The minimum Gasteiger partial charge on any atom is -0.489 e. The van der Waals surface area contributed by atoms with E-state index in [9.17, 15) is 10.1 Å². The number of allylic oxidation sites excluding steroid dienone is 1. The number of nitrogens with zero attached hydrogens (tertiary/aromatic N) is 3. The van der Waals surface area contributed by atoms with E-state index >= 15 is 0 Å². The summed E-state index contributed by atoms with van der Waals surface area (Å²) >= 11 is 1.58. The summed E-state index contributed by atoms with van der Waals surface area (Å²) in [6, 6.07) is 30.5. The Morgan fingerprint density at radius 1 is 0.971 bits per heavy atom. The smallest absolute Gasteiger partial charge is 0.229 e. The first-order chi connectivity index (χ1) is 16.7. The Hall–Kier alpha value is -3.53. The molecule has 1 atom stereocenters. The zero-order valence-corrected chi connectivity index (χ0v) is 19.6. The maximum Gasteiger partial charge on any atom is 0.229 e. The van der Waals surface area contributed by atoms with Crippen LogP contribution in [-0.2, 0) is 17.9 Å². The Balaban J connectivity index is 1.34. The van der Waals surface area contributed by atoms with Crippen molar-refractivity contribution in [2.75, 3.05) is 12.5 Å². The van der Waals surface area contributed by atoms with Gasteiger partial charge in [0.2, 0.25) is 5.91 Å². The molecule has 0 aromatic heterocycles. The first-order valence-corrected chi connectivity index (χ1v) is 12.3. The summed E-state index contributed by atoms with van der Waals surface area (Å²) in [5.74, 6) is 1.28. The Kier molecular flexibility index (Phi) is 6.66. The predicted molar refractivity (Wildman–Crippen MR) is 133 cm³/mol. The molecule has 1 amide bonds. The zero-order valence-electron chi connectivity index (χ0n) is 18.8. The lowest BCUT2D eigenvalue weighted by molar-refractivity contribution is -0.131. The van der Waals surface area contributed by atoms with Gasteiger partial charge in [0.25, 0.3) is 0 Å². The largest absolute Gasteiger partial charge is 0.489 e. The van der Waals surface area contributed by atoms with Crippen molar-refractivity contribution >= 4 is 17.7 Å². The molecule has 2 aliphatic rings. The van der Waals surface area contributed by atoms with Gasteiger partial charge in [0.1, 0.15) is 12.4 Å². The molecule has 170 valence electrons. The van der Waals surface area contributed by atoms with Crippen LogP contribution in [0.3, 0.4) is 0 Å². The van der Waals surface area contributed by atoms with Crippen molar-refractivity contribution in [2.24, 2.45) is 0 Å². The molecular weight excluding hydrogens is 442 g/mol. The summed E-state index contributed by atoms with van der Waals surface area (Å²) in [6.45, 7) is 1.76. The monoisotopic (exact) mass is 467 g/mol. The lowest BCUT2D eigenvalue weighted by Crippen LogP contribution is -2.46. The SMILES string of the molecule is N#CC1=C2SCN(Cc3ccccc3)CN2C(=O)C[C@H]1c1cccc(OCc2ccccc2)c1. The Morgan fingerprint density at radius 3 is 2.44 bits per heavy atom. The van der Waals surface area contributed by atoms with Crippen molar-refractivity contribution in [3.8, 4) is 11.8 Å². The average Bonchev–Trinajstić information content (AvgIpc) is 2.89. The van der Waals surface area contributed by atoms with E-state index in [0.29, 0.717) is 18.8 Å². The maximum atomic E-state index is 13.2. The third-order valence-electron chi connectivity index (χ3n) is 6.11.